The van der Waals surface area contributed by atoms with Gasteiger partial charge in [-0.15, -0.1) is 0 Å². The average molecular weight is 362 g/mol. The molecule has 2 heterocycles. The normalized spacial score (nSPS) is 27.2. The Bertz CT molecular complexity index is 705. The number of nitrogens with one attached hydrogen (secondary N) is 2. The molecule has 3 rings (SSSR count). The second-order valence-electron chi connectivity index (χ2n) is 7.24. The molecule has 0 radical (unpaired) electrons. The first kappa shape index (κ1) is 18.7. The summed E-state index contributed by atoms with van der Waals surface area (Å²) in [4.78, 5) is 14.3. The van der Waals surface area contributed by atoms with Crippen molar-refractivity contribution in [3.63, 3.8) is 0 Å². The standard InChI is InChI=1S/C19H24F2N4O/c1-12(19-17(21)6-13(8-22)9-23-19)24-18(26)11-25-5-4-14-2-3-16(20)7-15(14)10-25/h2-3,7,12-13,17,19,23H,4-6,9-11H2,1H3,(H,24,26)/t12-,13?,17?,19?/m0/s1. The zero-order valence-electron chi connectivity index (χ0n) is 14.8. The lowest BCUT2D eigenvalue weighted by molar-refractivity contribution is -0.123. The third-order valence-electron chi connectivity index (χ3n) is 5.24. The highest BCUT2D eigenvalue weighted by Crippen LogP contribution is 2.21. The Hall–Kier alpha value is -2.04. The first-order valence-corrected chi connectivity index (χ1v) is 9.02. The number of nitriles is 1. The quantitative estimate of drug-likeness (QED) is 0.852. The molecule has 0 spiro atoms. The van der Waals surface area contributed by atoms with Crippen molar-refractivity contribution in [2.24, 2.45) is 5.92 Å². The summed E-state index contributed by atoms with van der Waals surface area (Å²) in [7, 11) is 0. The zero-order valence-corrected chi connectivity index (χ0v) is 14.8. The molecule has 0 saturated carbocycles. The Labute approximate surface area is 152 Å². The van der Waals surface area contributed by atoms with Gasteiger partial charge in [0.05, 0.1) is 24.6 Å². The molecule has 2 N–H and O–H groups in total. The van der Waals surface area contributed by atoms with E-state index in [4.69, 9.17) is 5.26 Å². The molecule has 1 aromatic carbocycles. The van der Waals surface area contributed by atoms with Gasteiger partial charge in [0, 0.05) is 25.7 Å². The summed E-state index contributed by atoms with van der Waals surface area (Å²) in [6.07, 6.45) is -0.179. The summed E-state index contributed by atoms with van der Waals surface area (Å²) in [6.45, 7) is 3.68. The number of amides is 1. The van der Waals surface area contributed by atoms with Crippen LogP contribution < -0.4 is 10.6 Å². The van der Waals surface area contributed by atoms with Crippen LogP contribution in [-0.2, 0) is 17.8 Å². The summed E-state index contributed by atoms with van der Waals surface area (Å²) < 4.78 is 27.6. The topological polar surface area (TPSA) is 68.2 Å². The van der Waals surface area contributed by atoms with Crippen molar-refractivity contribution in [3.05, 3.63) is 35.1 Å². The van der Waals surface area contributed by atoms with E-state index in [9.17, 15) is 13.6 Å². The maximum atomic E-state index is 14.2. The summed E-state index contributed by atoms with van der Waals surface area (Å²) in [5.74, 6) is -0.761. The number of rotatable bonds is 4. The fourth-order valence-corrected chi connectivity index (χ4v) is 3.81. The van der Waals surface area contributed by atoms with Gasteiger partial charge in [-0.25, -0.2) is 8.78 Å². The molecule has 0 aliphatic carbocycles. The number of hydrogen-bond acceptors (Lipinski definition) is 4. The molecule has 0 aromatic heterocycles. The smallest absolute Gasteiger partial charge is 0.234 e. The Kier molecular flexibility index (Phi) is 5.84. The summed E-state index contributed by atoms with van der Waals surface area (Å²) in [5, 5.41) is 14.8. The highest BCUT2D eigenvalue weighted by molar-refractivity contribution is 5.78. The van der Waals surface area contributed by atoms with Crippen molar-refractivity contribution in [3.8, 4) is 6.07 Å². The second-order valence-corrected chi connectivity index (χ2v) is 7.24. The van der Waals surface area contributed by atoms with E-state index in [0.29, 0.717) is 13.1 Å². The number of alkyl halides is 1. The molecule has 2 aliphatic rings. The van der Waals surface area contributed by atoms with E-state index in [2.05, 4.69) is 16.7 Å². The minimum Gasteiger partial charge on any atom is -0.351 e. The Morgan fingerprint density at radius 2 is 2.31 bits per heavy atom. The lowest BCUT2D eigenvalue weighted by Gasteiger charge is -2.35. The Morgan fingerprint density at radius 3 is 3.04 bits per heavy atom. The molecule has 1 amide bonds. The van der Waals surface area contributed by atoms with Crippen molar-refractivity contribution >= 4 is 5.91 Å². The molecule has 3 unspecified atom stereocenters. The van der Waals surface area contributed by atoms with Crippen LogP contribution in [-0.4, -0.2) is 48.7 Å². The number of carbonyl (C=O) groups excluding carboxylic acids is 1. The van der Waals surface area contributed by atoms with E-state index in [1.165, 1.54) is 12.1 Å². The van der Waals surface area contributed by atoms with E-state index in [0.717, 1.165) is 24.1 Å². The first-order chi connectivity index (χ1) is 12.5. The van der Waals surface area contributed by atoms with Crippen molar-refractivity contribution in [2.45, 2.75) is 44.6 Å². The zero-order chi connectivity index (χ0) is 18.7. The predicted octanol–water partition coefficient (Wildman–Crippen LogP) is 1.53. The largest absolute Gasteiger partial charge is 0.351 e. The molecule has 26 heavy (non-hydrogen) atoms. The van der Waals surface area contributed by atoms with E-state index in [1.54, 1.807) is 13.0 Å². The van der Waals surface area contributed by atoms with Crippen molar-refractivity contribution in [1.29, 1.82) is 5.26 Å². The number of carbonyl (C=O) groups is 1. The van der Waals surface area contributed by atoms with Crippen LogP contribution in [0, 0.1) is 23.1 Å². The SMILES string of the molecule is C[C@H](NC(=O)CN1CCc2ccc(F)cc2C1)C1NCC(C#N)CC1F. The van der Waals surface area contributed by atoms with E-state index < -0.39 is 12.2 Å². The number of piperidine rings is 1. The lowest BCUT2D eigenvalue weighted by atomic mass is 9.90. The molecular weight excluding hydrogens is 338 g/mol. The van der Waals surface area contributed by atoms with Gasteiger partial charge in [-0.05, 0) is 43.0 Å². The molecule has 0 bridgehead atoms. The first-order valence-electron chi connectivity index (χ1n) is 9.02. The molecule has 7 heteroatoms. The molecule has 1 aromatic rings. The van der Waals surface area contributed by atoms with Crippen LogP contribution in [0.15, 0.2) is 18.2 Å². The fraction of sp³-hybridized carbons (Fsp3) is 0.579. The van der Waals surface area contributed by atoms with Crippen LogP contribution in [0.3, 0.4) is 0 Å². The van der Waals surface area contributed by atoms with Gasteiger partial charge in [0.15, 0.2) is 0 Å². The number of nitrogens with zero attached hydrogens (tertiary/aromatic N) is 2. The maximum absolute atomic E-state index is 14.2. The van der Waals surface area contributed by atoms with Crippen LogP contribution in [0.1, 0.15) is 24.5 Å². The van der Waals surface area contributed by atoms with E-state index >= 15 is 0 Å². The van der Waals surface area contributed by atoms with Crippen LogP contribution in [0.2, 0.25) is 0 Å². The van der Waals surface area contributed by atoms with Crippen molar-refractivity contribution in [1.82, 2.24) is 15.5 Å². The van der Waals surface area contributed by atoms with Gasteiger partial charge in [-0.2, -0.15) is 5.26 Å². The van der Waals surface area contributed by atoms with Crippen LogP contribution >= 0.6 is 0 Å². The van der Waals surface area contributed by atoms with Gasteiger partial charge in [-0.1, -0.05) is 6.07 Å². The molecular formula is C19H24F2N4O. The van der Waals surface area contributed by atoms with Gasteiger partial charge in [-0.3, -0.25) is 9.69 Å². The summed E-state index contributed by atoms with van der Waals surface area (Å²) >= 11 is 0. The molecule has 1 fully saturated rings. The minimum atomic E-state index is -1.16. The Balaban J connectivity index is 1.51. The monoisotopic (exact) mass is 362 g/mol. The highest BCUT2D eigenvalue weighted by atomic mass is 19.1. The number of halogens is 2. The number of hydrogen-bond donors (Lipinski definition) is 2. The highest BCUT2D eigenvalue weighted by Gasteiger charge is 2.34. The van der Waals surface area contributed by atoms with Gasteiger partial charge in [0.2, 0.25) is 5.91 Å². The van der Waals surface area contributed by atoms with E-state index in [1.807, 2.05) is 4.90 Å². The molecule has 4 atom stereocenters. The predicted molar refractivity (Wildman–Crippen MR) is 93.4 cm³/mol. The molecule has 2 aliphatic heterocycles. The van der Waals surface area contributed by atoms with Crippen LogP contribution in [0.25, 0.3) is 0 Å². The lowest BCUT2D eigenvalue weighted by Crippen LogP contribution is -2.58. The van der Waals surface area contributed by atoms with Crippen LogP contribution in [0.5, 0.6) is 0 Å². The van der Waals surface area contributed by atoms with Crippen molar-refractivity contribution < 1.29 is 13.6 Å². The minimum absolute atomic E-state index is 0.172. The van der Waals surface area contributed by atoms with Gasteiger partial charge in [0.1, 0.15) is 12.0 Å². The van der Waals surface area contributed by atoms with Crippen molar-refractivity contribution in [2.75, 3.05) is 19.6 Å². The van der Waals surface area contributed by atoms with Gasteiger partial charge in [0.25, 0.3) is 0 Å². The number of fused-ring (bicyclic) bond motifs is 1. The van der Waals surface area contributed by atoms with Crippen LogP contribution in [0.4, 0.5) is 8.78 Å². The number of benzene rings is 1. The second kappa shape index (κ2) is 8.11. The van der Waals surface area contributed by atoms with Gasteiger partial charge < -0.3 is 10.6 Å². The maximum Gasteiger partial charge on any atom is 0.234 e. The summed E-state index contributed by atoms with van der Waals surface area (Å²) in [5.41, 5.74) is 2.03. The third kappa shape index (κ3) is 4.37. The third-order valence-corrected chi connectivity index (χ3v) is 5.24. The molecule has 140 valence electrons. The Morgan fingerprint density at radius 1 is 1.50 bits per heavy atom. The molecule has 1 saturated heterocycles. The summed E-state index contributed by atoms with van der Waals surface area (Å²) in [6, 6.07) is 6.01. The average Bonchev–Trinajstić information content (AvgIpc) is 2.60. The van der Waals surface area contributed by atoms with E-state index in [-0.39, 0.29) is 36.6 Å². The van der Waals surface area contributed by atoms with Gasteiger partial charge >= 0.3 is 0 Å². The molecule has 5 nitrogen and oxygen atoms in total. The fourth-order valence-electron chi connectivity index (χ4n) is 3.81.